The number of pyridine rings is 1. The largest absolute Gasteiger partial charge is 0.396 e. The molecule has 1 amide bonds. The third-order valence-electron chi connectivity index (χ3n) is 2.26. The van der Waals surface area contributed by atoms with Crippen molar-refractivity contribution in [2.45, 2.75) is 19.9 Å². The highest BCUT2D eigenvalue weighted by atomic mass is 32.1. The maximum Gasteiger partial charge on any atom is 0.265 e. The quantitative estimate of drug-likeness (QED) is 0.885. The van der Waals surface area contributed by atoms with Crippen LogP contribution in [0.25, 0.3) is 11.4 Å². The summed E-state index contributed by atoms with van der Waals surface area (Å²) in [5.41, 5.74) is 7.59. The molecule has 0 radical (unpaired) electrons. The Kier molecular flexibility index (Phi) is 3.57. The third-order valence-corrected chi connectivity index (χ3v) is 3.12. The van der Waals surface area contributed by atoms with Crippen LogP contribution >= 0.6 is 11.5 Å². The summed E-state index contributed by atoms with van der Waals surface area (Å²) in [4.78, 5) is 16.5. The van der Waals surface area contributed by atoms with Gasteiger partial charge in [0, 0.05) is 12.2 Å². The van der Waals surface area contributed by atoms with E-state index < -0.39 is 0 Å². The molecule has 3 N–H and O–H groups in total. The van der Waals surface area contributed by atoms with E-state index in [0.29, 0.717) is 22.0 Å². The summed E-state index contributed by atoms with van der Waals surface area (Å²) in [7, 11) is 0. The predicted molar refractivity (Wildman–Crippen MR) is 72.4 cm³/mol. The highest BCUT2D eigenvalue weighted by Gasteiger charge is 2.19. The van der Waals surface area contributed by atoms with Crippen molar-refractivity contribution in [1.82, 2.24) is 14.7 Å². The van der Waals surface area contributed by atoms with Crippen LogP contribution in [-0.4, -0.2) is 21.3 Å². The number of nitrogens with zero attached hydrogens (tertiary/aromatic N) is 2. The normalized spacial score (nSPS) is 10.6. The second-order valence-corrected chi connectivity index (χ2v) is 4.89. The summed E-state index contributed by atoms with van der Waals surface area (Å²) in [5.74, 6) is -0.192. The van der Waals surface area contributed by atoms with E-state index in [0.717, 1.165) is 11.5 Å². The average Bonchev–Trinajstić information content (AvgIpc) is 2.71. The molecular weight excluding hydrogens is 248 g/mol. The smallest absolute Gasteiger partial charge is 0.265 e. The van der Waals surface area contributed by atoms with Gasteiger partial charge in [-0.05, 0) is 37.5 Å². The van der Waals surface area contributed by atoms with E-state index in [9.17, 15) is 4.79 Å². The number of amides is 1. The predicted octanol–water partition coefficient (Wildman–Crippen LogP) is 1.93. The van der Waals surface area contributed by atoms with E-state index in [1.165, 1.54) is 0 Å². The molecule has 0 saturated carbocycles. The summed E-state index contributed by atoms with van der Waals surface area (Å²) < 4.78 is 4.21. The first kappa shape index (κ1) is 12.5. The number of nitrogen functional groups attached to an aromatic ring is 1. The van der Waals surface area contributed by atoms with E-state index in [1.807, 2.05) is 32.0 Å². The topological polar surface area (TPSA) is 80.9 Å². The van der Waals surface area contributed by atoms with Crippen molar-refractivity contribution < 1.29 is 4.79 Å². The zero-order chi connectivity index (χ0) is 13.1. The van der Waals surface area contributed by atoms with Gasteiger partial charge in [0.1, 0.15) is 10.6 Å². The number of hydrogen-bond donors (Lipinski definition) is 2. The molecule has 0 aromatic carbocycles. The number of carbonyl (C=O) groups excluding carboxylic acids is 1. The van der Waals surface area contributed by atoms with Crippen LogP contribution in [0.15, 0.2) is 24.4 Å². The van der Waals surface area contributed by atoms with Crippen LogP contribution in [0.1, 0.15) is 23.5 Å². The standard InChI is InChI=1S/C12H14N4OS/c1-7(2)15-12(17)11-9(13)10(16-18-11)8-5-3-4-6-14-8/h3-7H,13H2,1-2H3,(H,15,17). The monoisotopic (exact) mass is 262 g/mol. The first-order valence-electron chi connectivity index (χ1n) is 5.57. The number of aromatic nitrogens is 2. The van der Waals surface area contributed by atoms with Gasteiger partial charge in [0.05, 0.1) is 11.4 Å². The molecule has 0 spiro atoms. The van der Waals surface area contributed by atoms with Gasteiger partial charge in [-0.3, -0.25) is 9.78 Å². The van der Waals surface area contributed by atoms with Crippen molar-refractivity contribution >= 4 is 23.1 Å². The molecule has 0 atom stereocenters. The van der Waals surface area contributed by atoms with Crippen LogP contribution < -0.4 is 11.1 Å². The Bertz CT molecular complexity index is 550. The fourth-order valence-electron chi connectivity index (χ4n) is 1.48. The molecule has 5 nitrogen and oxygen atoms in total. The van der Waals surface area contributed by atoms with Crippen LogP contribution in [0.3, 0.4) is 0 Å². The van der Waals surface area contributed by atoms with Gasteiger partial charge in [-0.25, -0.2) is 0 Å². The molecule has 0 fully saturated rings. The Morgan fingerprint density at radius 1 is 1.44 bits per heavy atom. The molecule has 2 aromatic heterocycles. The lowest BCUT2D eigenvalue weighted by atomic mass is 10.2. The molecule has 0 saturated heterocycles. The summed E-state index contributed by atoms with van der Waals surface area (Å²) >= 11 is 1.09. The lowest BCUT2D eigenvalue weighted by molar-refractivity contribution is 0.0948. The van der Waals surface area contributed by atoms with E-state index in [-0.39, 0.29) is 11.9 Å². The van der Waals surface area contributed by atoms with Crippen LogP contribution in [0, 0.1) is 0 Å². The maximum absolute atomic E-state index is 11.9. The van der Waals surface area contributed by atoms with E-state index >= 15 is 0 Å². The SMILES string of the molecule is CC(C)NC(=O)c1snc(-c2ccccn2)c1N. The molecular formula is C12H14N4OS. The number of rotatable bonds is 3. The summed E-state index contributed by atoms with van der Waals surface area (Å²) in [5, 5.41) is 2.80. The van der Waals surface area contributed by atoms with Crippen molar-refractivity contribution in [1.29, 1.82) is 0 Å². The molecule has 0 aliphatic rings. The molecule has 18 heavy (non-hydrogen) atoms. The minimum atomic E-state index is -0.192. The Hall–Kier alpha value is -1.95. The zero-order valence-electron chi connectivity index (χ0n) is 10.2. The summed E-state index contributed by atoms with van der Waals surface area (Å²) in [6, 6.07) is 5.56. The number of carbonyl (C=O) groups is 1. The van der Waals surface area contributed by atoms with Crippen LogP contribution in [0.2, 0.25) is 0 Å². The molecule has 94 valence electrons. The summed E-state index contributed by atoms with van der Waals surface area (Å²) in [6.07, 6.45) is 1.67. The lowest BCUT2D eigenvalue weighted by Gasteiger charge is -2.06. The molecule has 2 rings (SSSR count). The minimum Gasteiger partial charge on any atom is -0.396 e. The van der Waals surface area contributed by atoms with Gasteiger partial charge in [0.15, 0.2) is 0 Å². The zero-order valence-corrected chi connectivity index (χ0v) is 11.0. The highest BCUT2D eigenvalue weighted by molar-refractivity contribution is 7.09. The van der Waals surface area contributed by atoms with Gasteiger partial charge in [-0.1, -0.05) is 6.07 Å². The molecule has 0 bridgehead atoms. The van der Waals surface area contributed by atoms with Gasteiger partial charge < -0.3 is 11.1 Å². The van der Waals surface area contributed by atoms with Crippen molar-refractivity contribution in [2.24, 2.45) is 0 Å². The van der Waals surface area contributed by atoms with Crippen molar-refractivity contribution in [3.8, 4) is 11.4 Å². The molecule has 6 heteroatoms. The minimum absolute atomic E-state index is 0.0669. The molecule has 0 aliphatic carbocycles. The molecule has 0 aliphatic heterocycles. The summed E-state index contributed by atoms with van der Waals surface area (Å²) in [6.45, 7) is 3.80. The van der Waals surface area contributed by atoms with Gasteiger partial charge in [-0.2, -0.15) is 4.37 Å². The van der Waals surface area contributed by atoms with Crippen LogP contribution in [0.5, 0.6) is 0 Å². The van der Waals surface area contributed by atoms with E-state index in [2.05, 4.69) is 14.7 Å². The first-order chi connectivity index (χ1) is 8.59. The number of hydrogen-bond acceptors (Lipinski definition) is 5. The number of nitrogens with two attached hydrogens (primary N) is 1. The Morgan fingerprint density at radius 3 is 2.83 bits per heavy atom. The number of anilines is 1. The van der Waals surface area contributed by atoms with Gasteiger partial charge in [0.2, 0.25) is 0 Å². The molecule has 2 aromatic rings. The molecule has 0 unspecified atom stereocenters. The Balaban J connectivity index is 2.32. The fraction of sp³-hybridized carbons (Fsp3) is 0.250. The number of nitrogens with one attached hydrogen (secondary N) is 1. The second kappa shape index (κ2) is 5.14. The first-order valence-corrected chi connectivity index (χ1v) is 6.34. The van der Waals surface area contributed by atoms with Crippen molar-refractivity contribution in [2.75, 3.05) is 5.73 Å². The third kappa shape index (κ3) is 2.48. The van der Waals surface area contributed by atoms with Crippen LogP contribution in [0.4, 0.5) is 5.69 Å². The van der Waals surface area contributed by atoms with E-state index in [1.54, 1.807) is 6.20 Å². The van der Waals surface area contributed by atoms with Gasteiger partial charge in [-0.15, -0.1) is 0 Å². The average molecular weight is 262 g/mol. The molecule has 2 heterocycles. The van der Waals surface area contributed by atoms with Crippen molar-refractivity contribution in [3.63, 3.8) is 0 Å². The lowest BCUT2D eigenvalue weighted by Crippen LogP contribution is -2.29. The Morgan fingerprint density at radius 2 is 2.22 bits per heavy atom. The maximum atomic E-state index is 11.9. The van der Waals surface area contributed by atoms with E-state index in [4.69, 9.17) is 5.73 Å². The fourth-order valence-corrected chi connectivity index (χ4v) is 2.19. The van der Waals surface area contributed by atoms with Gasteiger partial charge in [0.25, 0.3) is 5.91 Å². The van der Waals surface area contributed by atoms with Gasteiger partial charge >= 0.3 is 0 Å². The highest BCUT2D eigenvalue weighted by Crippen LogP contribution is 2.29. The van der Waals surface area contributed by atoms with Crippen molar-refractivity contribution in [3.05, 3.63) is 29.3 Å². The second-order valence-electron chi connectivity index (χ2n) is 4.12. The van der Waals surface area contributed by atoms with Crippen LogP contribution in [-0.2, 0) is 0 Å². The Labute approximate surface area is 109 Å².